The minimum Gasteiger partial charge on any atom is -0.370 e. The molecule has 0 rings (SSSR count). The monoisotopic (exact) mass is 257 g/mol. The van der Waals surface area contributed by atoms with Gasteiger partial charge in [0.25, 0.3) is 0 Å². The summed E-state index contributed by atoms with van der Waals surface area (Å²) in [6.45, 7) is 4.14. The van der Waals surface area contributed by atoms with Gasteiger partial charge >= 0.3 is 0 Å². The smallest absolute Gasteiger partial charge is 0.237 e. The van der Waals surface area contributed by atoms with E-state index in [1.807, 2.05) is 13.8 Å². The number of hydrogen-bond donors (Lipinski definition) is 4. The molecule has 18 heavy (non-hydrogen) atoms. The molecule has 1 amide bonds. The van der Waals surface area contributed by atoms with E-state index >= 15 is 0 Å². The van der Waals surface area contributed by atoms with E-state index in [4.69, 9.17) is 17.2 Å². The Labute approximate surface area is 107 Å². The number of nitrogens with one attached hydrogen (secondary N) is 1. The van der Waals surface area contributed by atoms with E-state index in [2.05, 4.69) is 10.3 Å². The highest BCUT2D eigenvalue weighted by Gasteiger charge is 2.19. The van der Waals surface area contributed by atoms with Crippen LogP contribution >= 0.6 is 0 Å². The van der Waals surface area contributed by atoms with E-state index in [-0.39, 0.29) is 17.8 Å². The molecule has 0 unspecified atom stereocenters. The molecule has 0 spiro atoms. The fourth-order valence-corrected chi connectivity index (χ4v) is 1.28. The lowest BCUT2D eigenvalue weighted by Gasteiger charge is -2.19. The number of nitrogens with zero attached hydrogens (tertiary/aromatic N) is 1. The molecule has 2 atom stereocenters. The molecule has 104 valence electrons. The highest BCUT2D eigenvalue weighted by Crippen LogP contribution is 2.01. The van der Waals surface area contributed by atoms with Crippen LogP contribution in [0.15, 0.2) is 4.99 Å². The minimum absolute atomic E-state index is 0.0221. The van der Waals surface area contributed by atoms with Crippen LogP contribution in [0.5, 0.6) is 0 Å². The van der Waals surface area contributed by atoms with E-state index in [0.29, 0.717) is 25.7 Å². The standard InChI is InChI=1S/C11H23N5O2/c1-7(2)9(6-17)16-10(18)8(12)4-3-5-15-11(13)14/h6-9H,3-5,12H2,1-2H3,(H,16,18)(H4,13,14,15)/t8-,9+/m0/s1. The zero-order valence-corrected chi connectivity index (χ0v) is 10.9. The number of amides is 1. The largest absolute Gasteiger partial charge is 0.370 e. The summed E-state index contributed by atoms with van der Waals surface area (Å²) >= 11 is 0. The predicted molar refractivity (Wildman–Crippen MR) is 70.7 cm³/mol. The van der Waals surface area contributed by atoms with E-state index in [0.717, 1.165) is 0 Å². The van der Waals surface area contributed by atoms with Crippen molar-refractivity contribution in [3.63, 3.8) is 0 Å². The van der Waals surface area contributed by atoms with Crippen LogP contribution in [0.25, 0.3) is 0 Å². The highest BCUT2D eigenvalue weighted by atomic mass is 16.2. The van der Waals surface area contributed by atoms with Crippen molar-refractivity contribution < 1.29 is 9.59 Å². The second-order valence-electron chi connectivity index (χ2n) is 4.47. The Morgan fingerprint density at radius 3 is 2.44 bits per heavy atom. The number of carbonyl (C=O) groups excluding carboxylic acids is 2. The van der Waals surface area contributed by atoms with Gasteiger partial charge in [-0.05, 0) is 18.8 Å². The zero-order valence-electron chi connectivity index (χ0n) is 10.9. The maximum Gasteiger partial charge on any atom is 0.237 e. The summed E-state index contributed by atoms with van der Waals surface area (Å²) in [4.78, 5) is 26.2. The molecule has 0 aromatic heterocycles. The Balaban J connectivity index is 4.03. The molecule has 0 aliphatic heterocycles. The molecule has 0 heterocycles. The topological polar surface area (TPSA) is 137 Å². The van der Waals surface area contributed by atoms with Gasteiger partial charge in [0.05, 0.1) is 12.1 Å². The van der Waals surface area contributed by atoms with E-state index in [9.17, 15) is 9.59 Å². The third-order valence-corrected chi connectivity index (χ3v) is 2.48. The summed E-state index contributed by atoms with van der Waals surface area (Å²) < 4.78 is 0. The molecule has 7 nitrogen and oxygen atoms in total. The first-order valence-electron chi connectivity index (χ1n) is 5.95. The third kappa shape index (κ3) is 6.85. The van der Waals surface area contributed by atoms with Crippen molar-refractivity contribution in [2.45, 2.75) is 38.8 Å². The van der Waals surface area contributed by atoms with Crippen molar-refractivity contribution in [3.05, 3.63) is 0 Å². The Hall–Kier alpha value is -1.63. The first kappa shape index (κ1) is 16.4. The van der Waals surface area contributed by atoms with Crippen LogP contribution < -0.4 is 22.5 Å². The van der Waals surface area contributed by atoms with Gasteiger partial charge in [0.1, 0.15) is 6.29 Å². The number of rotatable bonds is 8. The molecule has 0 saturated carbocycles. The summed E-state index contributed by atoms with van der Waals surface area (Å²) in [6.07, 6.45) is 1.79. The minimum atomic E-state index is -0.652. The second kappa shape index (κ2) is 8.46. The molecule has 7 N–H and O–H groups in total. The maximum atomic E-state index is 11.7. The van der Waals surface area contributed by atoms with Gasteiger partial charge in [0, 0.05) is 6.54 Å². The lowest BCUT2D eigenvalue weighted by atomic mass is 10.0. The van der Waals surface area contributed by atoms with Crippen LogP contribution in [0, 0.1) is 5.92 Å². The van der Waals surface area contributed by atoms with Crippen LogP contribution in [0.3, 0.4) is 0 Å². The number of aldehydes is 1. The van der Waals surface area contributed by atoms with Crippen LogP contribution in [0.4, 0.5) is 0 Å². The van der Waals surface area contributed by atoms with Gasteiger partial charge in [-0.25, -0.2) is 0 Å². The van der Waals surface area contributed by atoms with Gasteiger partial charge in [-0.2, -0.15) is 0 Å². The average Bonchev–Trinajstić information content (AvgIpc) is 2.30. The summed E-state index contributed by atoms with van der Waals surface area (Å²) in [5, 5.41) is 2.60. The molecule has 0 aromatic rings. The molecule has 0 saturated heterocycles. The van der Waals surface area contributed by atoms with Gasteiger partial charge in [-0.1, -0.05) is 13.8 Å². The quantitative estimate of drug-likeness (QED) is 0.185. The lowest BCUT2D eigenvalue weighted by Crippen LogP contribution is -2.47. The summed E-state index contributed by atoms with van der Waals surface area (Å²) in [7, 11) is 0. The molecular formula is C11H23N5O2. The number of carbonyl (C=O) groups is 2. The van der Waals surface area contributed by atoms with Gasteiger partial charge in [0.15, 0.2) is 5.96 Å². The number of guanidine groups is 1. The fourth-order valence-electron chi connectivity index (χ4n) is 1.28. The summed E-state index contributed by atoms with van der Waals surface area (Å²) in [5.41, 5.74) is 16.0. The van der Waals surface area contributed by atoms with Gasteiger partial charge in [-0.15, -0.1) is 0 Å². The van der Waals surface area contributed by atoms with Crippen molar-refractivity contribution >= 4 is 18.2 Å². The van der Waals surface area contributed by atoms with Crippen molar-refractivity contribution in [1.29, 1.82) is 0 Å². The normalized spacial score (nSPS) is 13.8. The van der Waals surface area contributed by atoms with E-state index in [1.165, 1.54) is 0 Å². The lowest BCUT2D eigenvalue weighted by molar-refractivity contribution is -0.125. The molecule has 0 aliphatic carbocycles. The highest BCUT2D eigenvalue weighted by molar-refractivity contribution is 5.84. The van der Waals surface area contributed by atoms with Gasteiger partial charge in [0.2, 0.25) is 5.91 Å². The van der Waals surface area contributed by atoms with Crippen LogP contribution in [-0.4, -0.2) is 36.8 Å². The summed E-state index contributed by atoms with van der Waals surface area (Å²) in [6, 6.07) is -1.15. The predicted octanol–water partition coefficient (Wildman–Crippen LogP) is -1.29. The van der Waals surface area contributed by atoms with Crippen molar-refractivity contribution in [3.8, 4) is 0 Å². The molecule has 0 radical (unpaired) electrons. The van der Waals surface area contributed by atoms with Crippen LogP contribution in [0.1, 0.15) is 26.7 Å². The van der Waals surface area contributed by atoms with Crippen LogP contribution in [0.2, 0.25) is 0 Å². The second-order valence-corrected chi connectivity index (χ2v) is 4.47. The maximum absolute atomic E-state index is 11.7. The first-order chi connectivity index (χ1) is 8.38. The van der Waals surface area contributed by atoms with Gasteiger partial charge in [-0.3, -0.25) is 9.79 Å². The summed E-state index contributed by atoms with van der Waals surface area (Å²) in [5.74, 6) is -0.264. The Morgan fingerprint density at radius 2 is 2.00 bits per heavy atom. The van der Waals surface area contributed by atoms with Crippen molar-refractivity contribution in [2.24, 2.45) is 28.1 Å². The molecule has 0 aliphatic rings. The first-order valence-corrected chi connectivity index (χ1v) is 5.95. The third-order valence-electron chi connectivity index (χ3n) is 2.48. The zero-order chi connectivity index (χ0) is 14.1. The van der Waals surface area contributed by atoms with E-state index < -0.39 is 12.1 Å². The number of aliphatic imine (C=N–C) groups is 1. The Bertz CT molecular complexity index is 300. The fraction of sp³-hybridized carbons (Fsp3) is 0.727. The van der Waals surface area contributed by atoms with Crippen molar-refractivity contribution in [1.82, 2.24) is 5.32 Å². The van der Waals surface area contributed by atoms with Gasteiger partial charge < -0.3 is 27.3 Å². The molecule has 7 heteroatoms. The van der Waals surface area contributed by atoms with Crippen molar-refractivity contribution in [2.75, 3.05) is 6.54 Å². The van der Waals surface area contributed by atoms with Crippen LogP contribution in [-0.2, 0) is 9.59 Å². The molecule has 0 aromatic carbocycles. The average molecular weight is 257 g/mol. The number of hydrogen-bond acceptors (Lipinski definition) is 4. The molecular weight excluding hydrogens is 234 g/mol. The SMILES string of the molecule is CC(C)[C@@H](C=O)NC(=O)[C@@H](N)CCCN=C(N)N. The molecule has 0 fully saturated rings. The molecule has 0 bridgehead atoms. The Kier molecular flexibility index (Phi) is 7.69. The number of nitrogens with two attached hydrogens (primary N) is 3. The van der Waals surface area contributed by atoms with E-state index in [1.54, 1.807) is 0 Å². The Morgan fingerprint density at radius 1 is 1.39 bits per heavy atom.